The standard InChI is InChI=1S/C24H29ClN6O2/c1-3-21(15-5-7-16(25)8-6-15)29-24(32)20-13-26-23-19(14-27-31(23)4-2)22(20)28-17-9-11-18(30-33)12-10-17/h5-8,13-14,17-18,21H,3-4,9-12H2,1-2H3,(H,26,28)(H,29,32). The van der Waals surface area contributed by atoms with Crippen LogP contribution in [-0.2, 0) is 6.54 Å². The number of hydrogen-bond donors (Lipinski definition) is 2. The van der Waals surface area contributed by atoms with Crippen LogP contribution in [-0.4, -0.2) is 32.8 Å². The van der Waals surface area contributed by atoms with Gasteiger partial charge < -0.3 is 10.6 Å². The van der Waals surface area contributed by atoms with Crippen LogP contribution in [0, 0.1) is 4.91 Å². The molecule has 0 bridgehead atoms. The van der Waals surface area contributed by atoms with E-state index in [-0.39, 0.29) is 24.0 Å². The molecular formula is C24H29ClN6O2. The van der Waals surface area contributed by atoms with E-state index in [0.717, 1.165) is 54.4 Å². The van der Waals surface area contributed by atoms with Gasteiger partial charge in [0.15, 0.2) is 5.65 Å². The summed E-state index contributed by atoms with van der Waals surface area (Å²) >= 11 is 6.03. The van der Waals surface area contributed by atoms with Crippen molar-refractivity contribution in [2.45, 2.75) is 70.6 Å². The van der Waals surface area contributed by atoms with Crippen LogP contribution >= 0.6 is 11.6 Å². The molecule has 1 fully saturated rings. The Labute approximate surface area is 198 Å². The van der Waals surface area contributed by atoms with Gasteiger partial charge in [-0.2, -0.15) is 10.0 Å². The smallest absolute Gasteiger partial charge is 0.255 e. The Morgan fingerprint density at radius 3 is 2.55 bits per heavy atom. The number of pyridine rings is 1. The van der Waals surface area contributed by atoms with Crippen molar-refractivity contribution < 1.29 is 4.79 Å². The van der Waals surface area contributed by atoms with Gasteiger partial charge in [-0.1, -0.05) is 35.8 Å². The largest absolute Gasteiger partial charge is 0.381 e. The first-order valence-electron chi connectivity index (χ1n) is 11.5. The molecule has 3 aromatic rings. The molecule has 8 nitrogen and oxygen atoms in total. The van der Waals surface area contributed by atoms with E-state index in [0.29, 0.717) is 17.1 Å². The van der Waals surface area contributed by atoms with Crippen LogP contribution in [0.25, 0.3) is 11.0 Å². The lowest BCUT2D eigenvalue weighted by Gasteiger charge is -2.27. The molecule has 0 spiro atoms. The Kier molecular flexibility index (Phi) is 7.23. The summed E-state index contributed by atoms with van der Waals surface area (Å²) in [6.07, 6.45) is 7.28. The van der Waals surface area contributed by atoms with E-state index in [1.165, 1.54) is 0 Å². The first kappa shape index (κ1) is 23.2. The van der Waals surface area contributed by atoms with Gasteiger partial charge in [0.05, 0.1) is 34.9 Å². The zero-order chi connectivity index (χ0) is 23.4. The molecule has 0 radical (unpaired) electrons. The molecule has 33 heavy (non-hydrogen) atoms. The van der Waals surface area contributed by atoms with E-state index in [1.54, 1.807) is 12.4 Å². The number of carbonyl (C=O) groups is 1. The van der Waals surface area contributed by atoms with Crippen LogP contribution in [0.4, 0.5) is 5.69 Å². The second-order valence-electron chi connectivity index (χ2n) is 8.49. The summed E-state index contributed by atoms with van der Waals surface area (Å²) in [5.41, 5.74) is 2.97. The lowest BCUT2D eigenvalue weighted by Crippen LogP contribution is -2.31. The molecule has 1 aliphatic rings. The van der Waals surface area contributed by atoms with Crippen molar-refractivity contribution in [2.75, 3.05) is 5.32 Å². The minimum absolute atomic E-state index is 0.115. The van der Waals surface area contributed by atoms with E-state index >= 15 is 0 Å². The average molecular weight is 469 g/mol. The number of nitrogens with one attached hydrogen (secondary N) is 2. The van der Waals surface area contributed by atoms with E-state index < -0.39 is 0 Å². The third-order valence-electron chi connectivity index (χ3n) is 6.39. The van der Waals surface area contributed by atoms with E-state index in [9.17, 15) is 9.70 Å². The van der Waals surface area contributed by atoms with E-state index in [1.807, 2.05) is 42.8 Å². The number of carbonyl (C=O) groups excluding carboxylic acids is 1. The van der Waals surface area contributed by atoms with Crippen LogP contribution in [0.15, 0.2) is 41.8 Å². The molecule has 1 atom stereocenters. The SMILES string of the molecule is CCC(NC(=O)c1cnc2c(cnn2CC)c1NC1CCC(N=O)CC1)c1ccc(Cl)cc1. The number of hydrogen-bond acceptors (Lipinski definition) is 6. The van der Waals surface area contributed by atoms with Gasteiger partial charge in [0.2, 0.25) is 0 Å². The Hall–Kier alpha value is -3.00. The Balaban J connectivity index is 1.64. The maximum absolute atomic E-state index is 13.4. The summed E-state index contributed by atoms with van der Waals surface area (Å²) in [6, 6.07) is 7.42. The summed E-state index contributed by atoms with van der Waals surface area (Å²) in [4.78, 5) is 28.9. The molecule has 9 heteroatoms. The molecule has 2 aromatic heterocycles. The number of nitroso groups, excluding NO2 is 1. The highest BCUT2D eigenvalue weighted by atomic mass is 35.5. The molecule has 1 amide bonds. The second kappa shape index (κ2) is 10.3. The monoisotopic (exact) mass is 468 g/mol. The maximum atomic E-state index is 13.4. The van der Waals surface area contributed by atoms with Crippen LogP contribution in [0.3, 0.4) is 0 Å². The van der Waals surface area contributed by atoms with Gasteiger partial charge in [0, 0.05) is 23.8 Å². The maximum Gasteiger partial charge on any atom is 0.255 e. The normalized spacial score (nSPS) is 19.2. The molecule has 1 aliphatic carbocycles. The van der Waals surface area contributed by atoms with Crippen LogP contribution in [0.1, 0.15) is 67.9 Å². The number of nitrogens with zero attached hydrogens (tertiary/aromatic N) is 4. The van der Waals surface area contributed by atoms with Gasteiger partial charge in [-0.25, -0.2) is 9.67 Å². The number of anilines is 1. The first-order chi connectivity index (χ1) is 16.0. The zero-order valence-corrected chi connectivity index (χ0v) is 19.7. The van der Waals surface area contributed by atoms with Gasteiger partial charge in [-0.05, 0) is 56.7 Å². The minimum Gasteiger partial charge on any atom is -0.381 e. The molecule has 2 heterocycles. The van der Waals surface area contributed by atoms with E-state index in [4.69, 9.17) is 11.6 Å². The van der Waals surface area contributed by atoms with Crippen molar-refractivity contribution in [3.63, 3.8) is 0 Å². The van der Waals surface area contributed by atoms with Crippen molar-refractivity contribution in [1.82, 2.24) is 20.1 Å². The molecule has 0 aliphatic heterocycles. The van der Waals surface area contributed by atoms with Crippen molar-refractivity contribution in [1.29, 1.82) is 0 Å². The fourth-order valence-electron chi connectivity index (χ4n) is 4.47. The highest BCUT2D eigenvalue weighted by Crippen LogP contribution is 2.31. The van der Waals surface area contributed by atoms with Gasteiger partial charge >= 0.3 is 0 Å². The molecular weight excluding hydrogens is 440 g/mol. The molecule has 0 saturated heterocycles. The molecule has 1 saturated carbocycles. The minimum atomic E-state index is -0.193. The molecule has 174 valence electrons. The Bertz CT molecular complexity index is 1120. The van der Waals surface area contributed by atoms with Gasteiger partial charge in [-0.15, -0.1) is 0 Å². The third kappa shape index (κ3) is 5.00. The van der Waals surface area contributed by atoms with Gasteiger partial charge in [-0.3, -0.25) is 4.79 Å². The van der Waals surface area contributed by atoms with Crippen LogP contribution < -0.4 is 10.6 Å². The van der Waals surface area contributed by atoms with Crippen LogP contribution in [0.5, 0.6) is 0 Å². The second-order valence-corrected chi connectivity index (χ2v) is 8.92. The lowest BCUT2D eigenvalue weighted by molar-refractivity contribution is 0.0936. The molecule has 1 unspecified atom stereocenters. The van der Waals surface area contributed by atoms with Crippen molar-refractivity contribution in [3.05, 3.63) is 57.7 Å². The Morgan fingerprint density at radius 1 is 1.18 bits per heavy atom. The third-order valence-corrected chi connectivity index (χ3v) is 6.64. The molecule has 1 aromatic carbocycles. The highest BCUT2D eigenvalue weighted by molar-refractivity contribution is 6.30. The average Bonchev–Trinajstić information content (AvgIpc) is 3.27. The topological polar surface area (TPSA) is 101 Å². The fourth-order valence-corrected chi connectivity index (χ4v) is 4.59. The predicted octanol–water partition coefficient (Wildman–Crippen LogP) is 5.48. The number of benzene rings is 1. The Morgan fingerprint density at radius 2 is 1.91 bits per heavy atom. The number of rotatable bonds is 8. The van der Waals surface area contributed by atoms with Gasteiger partial charge in [0.25, 0.3) is 5.91 Å². The van der Waals surface area contributed by atoms with E-state index in [2.05, 4.69) is 25.9 Å². The first-order valence-corrected chi connectivity index (χ1v) is 11.9. The summed E-state index contributed by atoms with van der Waals surface area (Å²) in [7, 11) is 0. The molecule has 2 N–H and O–H groups in total. The summed E-state index contributed by atoms with van der Waals surface area (Å²) in [6.45, 7) is 4.73. The van der Waals surface area contributed by atoms with Crippen LogP contribution in [0.2, 0.25) is 5.02 Å². The number of aromatic nitrogens is 3. The summed E-state index contributed by atoms with van der Waals surface area (Å²) < 4.78 is 1.82. The quantitative estimate of drug-likeness (QED) is 0.426. The van der Waals surface area contributed by atoms with Crippen molar-refractivity contribution in [2.24, 2.45) is 5.18 Å². The summed E-state index contributed by atoms with van der Waals surface area (Å²) in [5.74, 6) is -0.193. The number of halogens is 1. The van der Waals surface area contributed by atoms with Crippen molar-refractivity contribution in [3.8, 4) is 0 Å². The predicted molar refractivity (Wildman–Crippen MR) is 131 cm³/mol. The van der Waals surface area contributed by atoms with Crippen molar-refractivity contribution >= 4 is 34.2 Å². The number of amides is 1. The zero-order valence-electron chi connectivity index (χ0n) is 18.9. The number of fused-ring (bicyclic) bond motifs is 1. The number of aryl methyl sites for hydroxylation is 1. The lowest BCUT2D eigenvalue weighted by atomic mass is 9.91. The fraction of sp³-hybridized carbons (Fsp3) is 0.458. The summed E-state index contributed by atoms with van der Waals surface area (Å²) in [5, 5.41) is 15.9. The molecule has 4 rings (SSSR count). The highest BCUT2D eigenvalue weighted by Gasteiger charge is 2.26. The van der Waals surface area contributed by atoms with Gasteiger partial charge in [0.1, 0.15) is 0 Å².